The molecule has 0 bridgehead atoms. The topological polar surface area (TPSA) is 130 Å². The SMILES string of the molecule is CCOC(=O)C1=C(N)Oc2c(oc(CO)cc2=O)[C@@H]1c1ccc(OC)c(OC)c1. The van der Waals surface area contributed by atoms with Gasteiger partial charge in [0.25, 0.3) is 0 Å². The van der Waals surface area contributed by atoms with Crippen LogP contribution in [0.2, 0.25) is 0 Å². The number of rotatable bonds is 6. The first-order chi connectivity index (χ1) is 13.9. The molecule has 0 radical (unpaired) electrons. The fourth-order valence-electron chi connectivity index (χ4n) is 3.13. The van der Waals surface area contributed by atoms with E-state index in [1.54, 1.807) is 25.1 Å². The van der Waals surface area contributed by atoms with Crippen molar-refractivity contribution in [1.29, 1.82) is 0 Å². The van der Waals surface area contributed by atoms with E-state index in [-0.39, 0.29) is 35.3 Å². The van der Waals surface area contributed by atoms with Crippen LogP contribution in [0.15, 0.2) is 44.9 Å². The van der Waals surface area contributed by atoms with Crippen molar-refractivity contribution in [2.24, 2.45) is 5.73 Å². The van der Waals surface area contributed by atoms with Crippen molar-refractivity contribution < 1.29 is 33.3 Å². The lowest BCUT2D eigenvalue weighted by molar-refractivity contribution is -0.139. The van der Waals surface area contributed by atoms with Crippen LogP contribution < -0.4 is 25.4 Å². The molecular formula is C20H21NO8. The van der Waals surface area contributed by atoms with E-state index in [9.17, 15) is 14.7 Å². The standard InChI is InChI=1S/C20H21NO8/c1-4-27-20(24)16-15(10-5-6-13(25-2)14(7-10)26-3)18-17(29-19(16)21)12(23)8-11(9-22)28-18/h5-8,15,22H,4,9,21H2,1-3H3/t15-/m1/s1. The van der Waals surface area contributed by atoms with Gasteiger partial charge in [-0.15, -0.1) is 0 Å². The summed E-state index contributed by atoms with van der Waals surface area (Å²) >= 11 is 0. The zero-order valence-corrected chi connectivity index (χ0v) is 16.2. The van der Waals surface area contributed by atoms with E-state index < -0.39 is 23.9 Å². The minimum atomic E-state index is -0.920. The van der Waals surface area contributed by atoms with Gasteiger partial charge in [0.15, 0.2) is 17.3 Å². The lowest BCUT2D eigenvalue weighted by Gasteiger charge is -2.27. The van der Waals surface area contributed by atoms with Gasteiger partial charge in [0.2, 0.25) is 17.1 Å². The zero-order chi connectivity index (χ0) is 21.1. The third kappa shape index (κ3) is 3.64. The minimum Gasteiger partial charge on any atom is -0.493 e. The average molecular weight is 403 g/mol. The van der Waals surface area contributed by atoms with E-state index in [2.05, 4.69) is 0 Å². The Labute approximate surface area is 166 Å². The minimum absolute atomic E-state index is 0.0199. The number of esters is 1. The third-order valence-electron chi connectivity index (χ3n) is 4.40. The van der Waals surface area contributed by atoms with Crippen molar-refractivity contribution >= 4 is 5.97 Å². The van der Waals surface area contributed by atoms with Crippen LogP contribution in [0.4, 0.5) is 0 Å². The zero-order valence-electron chi connectivity index (χ0n) is 16.2. The van der Waals surface area contributed by atoms with Gasteiger partial charge in [-0.1, -0.05) is 6.07 Å². The predicted octanol–water partition coefficient (Wildman–Crippen LogP) is 1.41. The van der Waals surface area contributed by atoms with Gasteiger partial charge in [-0.05, 0) is 24.6 Å². The van der Waals surface area contributed by atoms with Crippen LogP contribution >= 0.6 is 0 Å². The summed E-state index contributed by atoms with van der Waals surface area (Å²) in [5, 5.41) is 9.44. The summed E-state index contributed by atoms with van der Waals surface area (Å²) in [5.74, 6) is -1.13. The Morgan fingerprint density at radius 1 is 1.21 bits per heavy atom. The first-order valence-electron chi connectivity index (χ1n) is 8.79. The highest BCUT2D eigenvalue weighted by Crippen LogP contribution is 2.43. The number of methoxy groups -OCH3 is 2. The van der Waals surface area contributed by atoms with Gasteiger partial charge in [0.1, 0.15) is 17.9 Å². The molecule has 0 saturated carbocycles. The summed E-state index contributed by atoms with van der Waals surface area (Å²) in [5.41, 5.74) is 5.96. The molecule has 0 spiro atoms. The van der Waals surface area contributed by atoms with Gasteiger partial charge in [-0.2, -0.15) is 0 Å². The largest absolute Gasteiger partial charge is 0.493 e. The predicted molar refractivity (Wildman–Crippen MR) is 101 cm³/mol. The molecule has 2 aromatic rings. The van der Waals surface area contributed by atoms with Gasteiger partial charge in [0, 0.05) is 6.07 Å². The first kappa shape index (κ1) is 20.3. The molecule has 0 fully saturated rings. The number of aliphatic hydroxyl groups is 1. The Morgan fingerprint density at radius 3 is 2.55 bits per heavy atom. The maximum Gasteiger partial charge on any atom is 0.340 e. The molecule has 29 heavy (non-hydrogen) atoms. The van der Waals surface area contributed by atoms with E-state index in [1.165, 1.54) is 14.2 Å². The smallest absolute Gasteiger partial charge is 0.340 e. The lowest BCUT2D eigenvalue weighted by atomic mass is 9.86. The molecule has 0 unspecified atom stereocenters. The number of nitrogens with two attached hydrogens (primary N) is 1. The molecule has 1 aliphatic rings. The Bertz CT molecular complexity index is 1020. The van der Waals surface area contributed by atoms with Crippen LogP contribution in [0, 0.1) is 0 Å². The number of carbonyl (C=O) groups excluding carboxylic acids is 1. The van der Waals surface area contributed by atoms with Crippen LogP contribution in [0.1, 0.15) is 29.9 Å². The van der Waals surface area contributed by atoms with Crippen LogP contribution in [0.25, 0.3) is 0 Å². The molecule has 154 valence electrons. The molecule has 9 heteroatoms. The molecular weight excluding hydrogens is 382 g/mol. The molecule has 1 aromatic heterocycles. The van der Waals surface area contributed by atoms with Crippen molar-refractivity contribution in [3.05, 3.63) is 63.0 Å². The highest BCUT2D eigenvalue weighted by Gasteiger charge is 2.39. The van der Waals surface area contributed by atoms with E-state index in [1.807, 2.05) is 0 Å². The fourth-order valence-corrected chi connectivity index (χ4v) is 3.13. The molecule has 1 aromatic carbocycles. The van der Waals surface area contributed by atoms with Crippen molar-refractivity contribution in [2.75, 3.05) is 20.8 Å². The molecule has 1 atom stereocenters. The van der Waals surface area contributed by atoms with Crippen LogP contribution in [-0.4, -0.2) is 31.9 Å². The second kappa shape index (κ2) is 8.27. The number of aliphatic hydroxyl groups excluding tert-OH is 1. The van der Waals surface area contributed by atoms with Gasteiger partial charge in [-0.3, -0.25) is 4.79 Å². The Hall–Kier alpha value is -3.46. The summed E-state index contributed by atoms with van der Waals surface area (Å²) in [7, 11) is 2.97. The van der Waals surface area contributed by atoms with Gasteiger partial charge < -0.3 is 34.2 Å². The normalized spacial score (nSPS) is 15.4. The van der Waals surface area contributed by atoms with Gasteiger partial charge >= 0.3 is 5.97 Å². The highest BCUT2D eigenvalue weighted by atomic mass is 16.5. The summed E-state index contributed by atoms with van der Waals surface area (Å²) in [6.07, 6.45) is 0. The molecule has 9 nitrogen and oxygen atoms in total. The molecule has 2 heterocycles. The number of fused-ring (bicyclic) bond motifs is 1. The Morgan fingerprint density at radius 2 is 1.93 bits per heavy atom. The van der Waals surface area contributed by atoms with Crippen LogP contribution in [0.5, 0.6) is 17.2 Å². The van der Waals surface area contributed by atoms with Crippen LogP contribution in [0.3, 0.4) is 0 Å². The van der Waals surface area contributed by atoms with E-state index in [0.29, 0.717) is 17.1 Å². The third-order valence-corrected chi connectivity index (χ3v) is 4.40. The second-order valence-corrected chi connectivity index (χ2v) is 6.08. The highest BCUT2D eigenvalue weighted by molar-refractivity contribution is 5.92. The number of hydrogen-bond donors (Lipinski definition) is 2. The quantitative estimate of drug-likeness (QED) is 0.687. The number of benzene rings is 1. The van der Waals surface area contributed by atoms with Crippen LogP contribution in [-0.2, 0) is 16.1 Å². The molecule has 3 N–H and O–H groups in total. The maximum atomic E-state index is 12.7. The maximum absolute atomic E-state index is 12.7. The molecule has 0 saturated heterocycles. The van der Waals surface area contributed by atoms with Crippen molar-refractivity contribution in [1.82, 2.24) is 0 Å². The average Bonchev–Trinajstić information content (AvgIpc) is 2.72. The molecule has 0 aliphatic carbocycles. The van der Waals surface area contributed by atoms with Crippen molar-refractivity contribution in [3.63, 3.8) is 0 Å². The Balaban J connectivity index is 2.28. The molecule has 3 rings (SSSR count). The second-order valence-electron chi connectivity index (χ2n) is 6.08. The van der Waals surface area contributed by atoms with Crippen molar-refractivity contribution in [3.8, 4) is 17.2 Å². The van der Waals surface area contributed by atoms with E-state index in [4.69, 9.17) is 29.1 Å². The summed E-state index contributed by atoms with van der Waals surface area (Å²) in [6.45, 7) is 1.26. The molecule has 1 aliphatic heterocycles. The first-order valence-corrected chi connectivity index (χ1v) is 8.79. The Kier molecular flexibility index (Phi) is 5.79. The number of hydrogen-bond acceptors (Lipinski definition) is 9. The van der Waals surface area contributed by atoms with Gasteiger partial charge in [0.05, 0.1) is 26.7 Å². The monoisotopic (exact) mass is 403 g/mol. The number of carbonyl (C=O) groups is 1. The van der Waals surface area contributed by atoms with Crippen molar-refractivity contribution in [2.45, 2.75) is 19.4 Å². The van der Waals surface area contributed by atoms with E-state index >= 15 is 0 Å². The summed E-state index contributed by atoms with van der Waals surface area (Å²) < 4.78 is 26.8. The fraction of sp³-hybridized carbons (Fsp3) is 0.300. The van der Waals surface area contributed by atoms with Gasteiger partial charge in [-0.25, -0.2) is 4.79 Å². The number of ether oxygens (including phenoxy) is 4. The lowest BCUT2D eigenvalue weighted by Crippen LogP contribution is -2.30. The summed E-state index contributed by atoms with van der Waals surface area (Å²) in [4.78, 5) is 25.1. The molecule has 0 amide bonds. The van der Waals surface area contributed by atoms with E-state index in [0.717, 1.165) is 6.07 Å². The summed E-state index contributed by atoms with van der Waals surface area (Å²) in [6, 6.07) is 6.07.